The van der Waals surface area contributed by atoms with E-state index in [1.165, 1.54) is 12.5 Å². The van der Waals surface area contributed by atoms with Gasteiger partial charge in [-0.3, -0.25) is 4.79 Å². The van der Waals surface area contributed by atoms with Crippen LogP contribution in [0.2, 0.25) is 0 Å². The van der Waals surface area contributed by atoms with Crippen LogP contribution < -0.4 is 5.32 Å². The molecule has 1 amide bonds. The fraction of sp³-hybridized carbons (Fsp3) is 0.462. The number of hydrogen-bond donors (Lipinski definition) is 1. The van der Waals surface area contributed by atoms with Crippen LogP contribution in [-0.2, 0) is 0 Å². The van der Waals surface area contributed by atoms with Crippen LogP contribution in [0.1, 0.15) is 29.6 Å². The largest absolute Gasteiger partial charge is 0.351 e. The van der Waals surface area contributed by atoms with Crippen LogP contribution >= 0.6 is 27.7 Å². The Morgan fingerprint density at radius 3 is 2.78 bits per heavy atom. The van der Waals surface area contributed by atoms with Gasteiger partial charge in [-0.05, 0) is 53.2 Å². The van der Waals surface area contributed by atoms with Crippen molar-refractivity contribution in [1.29, 1.82) is 0 Å². The number of halogens is 2. The molecule has 0 aromatic heterocycles. The van der Waals surface area contributed by atoms with E-state index in [1.807, 2.05) is 0 Å². The van der Waals surface area contributed by atoms with Crippen LogP contribution in [0.15, 0.2) is 22.7 Å². The summed E-state index contributed by atoms with van der Waals surface area (Å²) in [7, 11) is 0. The molecule has 1 N–H and O–H groups in total. The Labute approximate surface area is 119 Å². The summed E-state index contributed by atoms with van der Waals surface area (Å²) in [6.07, 6.45) is 5.58. The molecule has 2 nitrogen and oxygen atoms in total. The molecule has 0 spiro atoms. The number of hydrogen-bond acceptors (Lipinski definition) is 2. The highest BCUT2D eigenvalue weighted by Crippen LogP contribution is 2.42. The first kappa shape index (κ1) is 13.9. The number of rotatable bonds is 4. The third-order valence-corrected chi connectivity index (χ3v) is 5.51. The third kappa shape index (κ3) is 2.88. The van der Waals surface area contributed by atoms with Gasteiger partial charge in [-0.25, -0.2) is 4.39 Å². The van der Waals surface area contributed by atoms with Gasteiger partial charge in [0, 0.05) is 16.9 Å². The van der Waals surface area contributed by atoms with Gasteiger partial charge in [-0.1, -0.05) is 6.42 Å². The average molecular weight is 332 g/mol. The summed E-state index contributed by atoms with van der Waals surface area (Å²) in [6, 6.07) is 4.43. The van der Waals surface area contributed by atoms with Gasteiger partial charge >= 0.3 is 0 Å². The van der Waals surface area contributed by atoms with Crippen molar-refractivity contribution in [3.8, 4) is 0 Å². The van der Waals surface area contributed by atoms with E-state index in [4.69, 9.17) is 0 Å². The highest BCUT2D eigenvalue weighted by Gasteiger charge is 2.36. The van der Waals surface area contributed by atoms with Crippen molar-refractivity contribution < 1.29 is 9.18 Å². The molecular weight excluding hydrogens is 317 g/mol. The first-order valence-electron chi connectivity index (χ1n) is 5.85. The number of carbonyl (C=O) groups excluding carboxylic acids is 1. The van der Waals surface area contributed by atoms with Crippen LogP contribution in [0.25, 0.3) is 0 Å². The fourth-order valence-corrected chi connectivity index (χ4v) is 3.17. The molecule has 0 radical (unpaired) electrons. The lowest BCUT2D eigenvalue weighted by atomic mass is 9.84. The van der Waals surface area contributed by atoms with E-state index in [2.05, 4.69) is 27.5 Å². The van der Waals surface area contributed by atoms with Crippen LogP contribution in [0, 0.1) is 5.82 Å². The van der Waals surface area contributed by atoms with Gasteiger partial charge in [-0.2, -0.15) is 11.8 Å². The number of amides is 1. The molecule has 2 rings (SSSR count). The Kier molecular flexibility index (Phi) is 4.33. The van der Waals surface area contributed by atoms with Gasteiger partial charge in [0.1, 0.15) is 5.82 Å². The number of benzene rings is 1. The molecule has 1 saturated carbocycles. The summed E-state index contributed by atoms with van der Waals surface area (Å²) in [4.78, 5) is 11.9. The maximum atomic E-state index is 13.3. The van der Waals surface area contributed by atoms with Crippen LogP contribution in [0.5, 0.6) is 0 Å². The third-order valence-electron chi connectivity index (χ3n) is 3.45. The Morgan fingerprint density at radius 1 is 1.56 bits per heavy atom. The SMILES string of the molecule is CSC1(CNC(=O)c2ccc(Br)c(F)c2)CCC1. The van der Waals surface area contributed by atoms with E-state index in [0.717, 1.165) is 12.8 Å². The zero-order valence-corrected chi connectivity index (χ0v) is 12.5. The molecule has 0 heterocycles. The highest BCUT2D eigenvalue weighted by molar-refractivity contribution is 9.10. The van der Waals surface area contributed by atoms with Gasteiger partial charge < -0.3 is 5.32 Å². The zero-order valence-electron chi connectivity index (χ0n) is 10.1. The lowest BCUT2D eigenvalue weighted by molar-refractivity contribution is 0.0943. The first-order chi connectivity index (χ1) is 8.56. The molecule has 0 aliphatic heterocycles. The minimum Gasteiger partial charge on any atom is -0.351 e. The number of thioether (sulfide) groups is 1. The van der Waals surface area contributed by atoms with Gasteiger partial charge in [-0.15, -0.1) is 0 Å². The Bertz CT molecular complexity index is 457. The topological polar surface area (TPSA) is 29.1 Å². The van der Waals surface area contributed by atoms with Crippen molar-refractivity contribution in [2.75, 3.05) is 12.8 Å². The molecule has 1 fully saturated rings. The molecule has 0 bridgehead atoms. The molecule has 1 aliphatic carbocycles. The Morgan fingerprint density at radius 2 is 2.28 bits per heavy atom. The summed E-state index contributed by atoms with van der Waals surface area (Å²) in [5.41, 5.74) is 0.367. The molecule has 0 atom stereocenters. The molecule has 0 unspecified atom stereocenters. The number of carbonyl (C=O) groups is 1. The Balaban J connectivity index is 1.97. The van der Waals surface area contributed by atoms with Crippen molar-refractivity contribution >= 4 is 33.6 Å². The number of nitrogens with one attached hydrogen (secondary N) is 1. The predicted molar refractivity (Wildman–Crippen MR) is 76.5 cm³/mol. The quantitative estimate of drug-likeness (QED) is 0.913. The summed E-state index contributed by atoms with van der Waals surface area (Å²) >= 11 is 4.88. The summed E-state index contributed by atoms with van der Waals surface area (Å²) in [6.45, 7) is 0.657. The van der Waals surface area contributed by atoms with E-state index in [0.29, 0.717) is 16.6 Å². The molecule has 1 aliphatic rings. The van der Waals surface area contributed by atoms with Gasteiger partial charge in [0.05, 0.1) is 4.47 Å². The molecule has 5 heteroatoms. The van der Waals surface area contributed by atoms with E-state index < -0.39 is 5.82 Å². The summed E-state index contributed by atoms with van der Waals surface area (Å²) < 4.78 is 13.9. The van der Waals surface area contributed by atoms with Crippen molar-refractivity contribution in [1.82, 2.24) is 5.32 Å². The zero-order chi connectivity index (χ0) is 13.2. The second-order valence-electron chi connectivity index (χ2n) is 4.55. The predicted octanol–water partition coefficient (Wildman–Crippen LogP) is 3.60. The van der Waals surface area contributed by atoms with Crippen molar-refractivity contribution in [3.05, 3.63) is 34.1 Å². The normalized spacial score (nSPS) is 17.1. The van der Waals surface area contributed by atoms with Crippen LogP contribution in [0.4, 0.5) is 4.39 Å². The van der Waals surface area contributed by atoms with Gasteiger partial charge in [0.25, 0.3) is 5.91 Å². The molecule has 1 aromatic rings. The smallest absolute Gasteiger partial charge is 0.251 e. The van der Waals surface area contributed by atoms with Crippen LogP contribution in [0.3, 0.4) is 0 Å². The van der Waals surface area contributed by atoms with E-state index in [1.54, 1.807) is 23.9 Å². The molecule has 0 saturated heterocycles. The maximum Gasteiger partial charge on any atom is 0.251 e. The molecular formula is C13H15BrFNOS. The standard InChI is InChI=1S/C13H15BrFNOS/c1-18-13(5-2-6-13)8-16-12(17)9-3-4-10(14)11(15)7-9/h3-4,7H,2,5-6,8H2,1H3,(H,16,17). The van der Waals surface area contributed by atoms with Gasteiger partial charge in [0.15, 0.2) is 0 Å². The van der Waals surface area contributed by atoms with Crippen molar-refractivity contribution in [2.24, 2.45) is 0 Å². The van der Waals surface area contributed by atoms with Gasteiger partial charge in [0.2, 0.25) is 0 Å². The van der Waals surface area contributed by atoms with Crippen molar-refractivity contribution in [2.45, 2.75) is 24.0 Å². The minimum atomic E-state index is -0.411. The second-order valence-corrected chi connectivity index (χ2v) is 6.68. The minimum absolute atomic E-state index is 0.198. The average Bonchev–Trinajstić information content (AvgIpc) is 2.31. The monoisotopic (exact) mass is 331 g/mol. The molecule has 18 heavy (non-hydrogen) atoms. The molecule has 1 aromatic carbocycles. The highest BCUT2D eigenvalue weighted by atomic mass is 79.9. The van der Waals surface area contributed by atoms with E-state index >= 15 is 0 Å². The lowest BCUT2D eigenvalue weighted by Gasteiger charge is -2.40. The first-order valence-corrected chi connectivity index (χ1v) is 7.86. The van der Waals surface area contributed by atoms with Crippen molar-refractivity contribution in [3.63, 3.8) is 0 Å². The fourth-order valence-electron chi connectivity index (χ4n) is 2.00. The van der Waals surface area contributed by atoms with Crippen LogP contribution in [-0.4, -0.2) is 23.5 Å². The Hall–Kier alpha value is -0.550. The molecule has 98 valence electrons. The second kappa shape index (κ2) is 5.61. The van der Waals surface area contributed by atoms with E-state index in [-0.39, 0.29) is 10.7 Å². The summed E-state index contributed by atoms with van der Waals surface area (Å²) in [5, 5.41) is 2.90. The maximum absolute atomic E-state index is 13.3. The lowest BCUT2D eigenvalue weighted by Crippen LogP contribution is -2.45. The van der Waals surface area contributed by atoms with E-state index in [9.17, 15) is 9.18 Å². The summed E-state index contributed by atoms with van der Waals surface area (Å²) in [5.74, 6) is -0.618.